The van der Waals surface area contributed by atoms with Gasteiger partial charge in [0.1, 0.15) is 6.33 Å². The van der Waals surface area contributed by atoms with Crippen LogP contribution in [0.2, 0.25) is 0 Å². The van der Waals surface area contributed by atoms with Crippen molar-refractivity contribution in [1.29, 1.82) is 0 Å². The van der Waals surface area contributed by atoms with Crippen LogP contribution in [0.1, 0.15) is 35.9 Å². The van der Waals surface area contributed by atoms with E-state index in [1.165, 1.54) is 31.3 Å². The lowest BCUT2D eigenvalue weighted by molar-refractivity contribution is -0.140. The summed E-state index contributed by atoms with van der Waals surface area (Å²) >= 11 is 0.676. The van der Waals surface area contributed by atoms with Gasteiger partial charge in [0.15, 0.2) is 16.4 Å². The first-order valence-electron chi connectivity index (χ1n) is 8.52. The number of rotatable bonds is 6. The van der Waals surface area contributed by atoms with E-state index >= 15 is 0 Å². The van der Waals surface area contributed by atoms with Crippen LogP contribution in [0.3, 0.4) is 0 Å². The first-order valence-corrected chi connectivity index (χ1v) is 9.34. The van der Waals surface area contributed by atoms with Crippen LogP contribution in [0.25, 0.3) is 10.4 Å². The number of halogens is 3. The maximum absolute atomic E-state index is 13.6. The van der Waals surface area contributed by atoms with Crippen molar-refractivity contribution in [1.82, 2.24) is 24.7 Å². The van der Waals surface area contributed by atoms with Crippen molar-refractivity contribution in [2.24, 2.45) is 0 Å². The Kier molecular flexibility index (Phi) is 5.92. The Morgan fingerprint density at radius 1 is 1.20 bits per heavy atom. The van der Waals surface area contributed by atoms with Crippen LogP contribution in [-0.4, -0.2) is 44.9 Å². The average molecular weight is 442 g/mol. The number of thiazole rings is 1. The summed E-state index contributed by atoms with van der Waals surface area (Å²) < 4.78 is 52.2. The Bertz CT molecular complexity index is 1040. The van der Waals surface area contributed by atoms with Gasteiger partial charge in [-0.1, -0.05) is 11.3 Å². The van der Waals surface area contributed by atoms with Crippen LogP contribution in [0.4, 0.5) is 18.3 Å². The van der Waals surface area contributed by atoms with Gasteiger partial charge in [0.05, 0.1) is 25.3 Å². The van der Waals surface area contributed by atoms with E-state index < -0.39 is 17.8 Å². The third-order valence-electron chi connectivity index (χ3n) is 3.90. The van der Waals surface area contributed by atoms with Crippen molar-refractivity contribution < 1.29 is 27.4 Å². The predicted molar refractivity (Wildman–Crippen MR) is 102 cm³/mol. The zero-order valence-electron chi connectivity index (χ0n) is 16.3. The summed E-state index contributed by atoms with van der Waals surface area (Å²) in [4.78, 5) is 23.8. The largest absolute Gasteiger partial charge is 0.480 e. The SMILES string of the molecule is COc1ncnc(OC)c1C(=O)Nc1nc(C(F)(F)F)c(-c2cnn(C(C)C)c2)s1. The summed E-state index contributed by atoms with van der Waals surface area (Å²) in [5.41, 5.74) is -1.04. The second-order valence-corrected chi connectivity index (χ2v) is 7.22. The molecule has 0 aliphatic rings. The highest BCUT2D eigenvalue weighted by Gasteiger charge is 2.38. The Balaban J connectivity index is 2.00. The first-order chi connectivity index (χ1) is 14.2. The smallest absolute Gasteiger partial charge is 0.434 e. The van der Waals surface area contributed by atoms with Crippen LogP contribution in [0.15, 0.2) is 18.7 Å². The minimum Gasteiger partial charge on any atom is -0.480 e. The summed E-state index contributed by atoms with van der Waals surface area (Å²) in [5, 5.41) is 6.15. The van der Waals surface area contributed by atoms with Gasteiger partial charge in [-0.05, 0) is 13.8 Å². The van der Waals surface area contributed by atoms with Crippen molar-refractivity contribution in [3.05, 3.63) is 30.0 Å². The Labute approximate surface area is 172 Å². The van der Waals surface area contributed by atoms with Crippen LogP contribution in [0, 0.1) is 0 Å². The quantitative estimate of drug-likeness (QED) is 0.621. The highest BCUT2D eigenvalue weighted by atomic mass is 32.1. The molecule has 0 bridgehead atoms. The summed E-state index contributed by atoms with van der Waals surface area (Å²) in [7, 11) is 2.57. The van der Waals surface area contributed by atoms with Crippen molar-refractivity contribution in [2.75, 3.05) is 19.5 Å². The maximum Gasteiger partial charge on any atom is 0.434 e. The number of nitrogens with one attached hydrogen (secondary N) is 1. The molecule has 30 heavy (non-hydrogen) atoms. The Hall–Kier alpha value is -3.22. The molecule has 0 fully saturated rings. The van der Waals surface area contributed by atoms with Gasteiger partial charge in [0.25, 0.3) is 5.91 Å². The molecular weight excluding hydrogens is 425 g/mol. The molecule has 160 valence electrons. The Morgan fingerprint density at radius 3 is 2.33 bits per heavy atom. The van der Waals surface area contributed by atoms with Crippen molar-refractivity contribution in [2.45, 2.75) is 26.1 Å². The number of nitrogens with zero attached hydrogens (tertiary/aromatic N) is 5. The molecule has 0 saturated carbocycles. The topological polar surface area (TPSA) is 104 Å². The second kappa shape index (κ2) is 8.26. The third kappa shape index (κ3) is 4.20. The molecule has 0 aliphatic heterocycles. The predicted octanol–water partition coefficient (Wildman–Crippen LogP) is 3.67. The highest BCUT2D eigenvalue weighted by Crippen LogP contribution is 2.42. The number of alkyl halides is 3. The number of hydrogen-bond donors (Lipinski definition) is 1. The number of carbonyl (C=O) groups excluding carboxylic acids is 1. The van der Waals surface area contributed by atoms with Gasteiger partial charge in [-0.15, -0.1) is 0 Å². The zero-order valence-corrected chi connectivity index (χ0v) is 17.1. The molecule has 3 heterocycles. The summed E-state index contributed by atoms with van der Waals surface area (Å²) in [5.74, 6) is -1.01. The molecule has 0 spiro atoms. The van der Waals surface area contributed by atoms with E-state index in [1.54, 1.807) is 0 Å². The Morgan fingerprint density at radius 2 is 1.83 bits per heavy atom. The molecule has 3 aromatic heterocycles. The van der Waals surface area contributed by atoms with Gasteiger partial charge in [-0.25, -0.2) is 15.0 Å². The van der Waals surface area contributed by atoms with Gasteiger partial charge in [0, 0.05) is 17.8 Å². The number of hydrogen-bond acceptors (Lipinski definition) is 8. The van der Waals surface area contributed by atoms with Crippen LogP contribution < -0.4 is 14.8 Å². The molecule has 0 radical (unpaired) electrons. The summed E-state index contributed by atoms with van der Waals surface area (Å²) in [6.45, 7) is 3.70. The van der Waals surface area contributed by atoms with Gasteiger partial charge in [-0.3, -0.25) is 14.8 Å². The van der Waals surface area contributed by atoms with E-state index in [2.05, 4.69) is 25.4 Å². The number of anilines is 1. The zero-order chi connectivity index (χ0) is 22.1. The fraction of sp³-hybridized carbons (Fsp3) is 0.353. The lowest BCUT2D eigenvalue weighted by Gasteiger charge is -2.09. The fourth-order valence-corrected chi connectivity index (χ4v) is 3.47. The van der Waals surface area contributed by atoms with E-state index in [0.29, 0.717) is 11.3 Å². The molecule has 0 atom stereocenters. The fourth-order valence-electron chi connectivity index (χ4n) is 2.52. The monoisotopic (exact) mass is 442 g/mol. The number of aromatic nitrogens is 5. The van der Waals surface area contributed by atoms with E-state index in [1.807, 2.05) is 13.8 Å². The van der Waals surface area contributed by atoms with Crippen LogP contribution in [0.5, 0.6) is 11.8 Å². The maximum atomic E-state index is 13.6. The molecule has 0 aliphatic carbocycles. The van der Waals surface area contributed by atoms with Crippen molar-refractivity contribution in [3.8, 4) is 22.2 Å². The molecule has 9 nitrogen and oxygen atoms in total. The molecule has 3 rings (SSSR count). The lowest BCUT2D eigenvalue weighted by atomic mass is 10.2. The number of amides is 1. The second-order valence-electron chi connectivity index (χ2n) is 6.22. The molecule has 3 aromatic rings. The lowest BCUT2D eigenvalue weighted by Crippen LogP contribution is -2.16. The van der Waals surface area contributed by atoms with Crippen molar-refractivity contribution in [3.63, 3.8) is 0 Å². The molecule has 0 saturated heterocycles. The average Bonchev–Trinajstić information content (AvgIpc) is 3.34. The van der Waals surface area contributed by atoms with Crippen LogP contribution in [-0.2, 0) is 6.18 Å². The normalized spacial score (nSPS) is 11.6. The molecule has 0 aromatic carbocycles. The molecule has 1 N–H and O–H groups in total. The van der Waals surface area contributed by atoms with Crippen molar-refractivity contribution >= 4 is 22.4 Å². The third-order valence-corrected chi connectivity index (χ3v) is 4.92. The van der Waals surface area contributed by atoms with Crippen LogP contribution >= 0.6 is 11.3 Å². The molecular formula is C17H17F3N6O3S. The summed E-state index contributed by atoms with van der Waals surface area (Å²) in [6, 6.07) is -0.0295. The van der Waals surface area contributed by atoms with E-state index in [9.17, 15) is 18.0 Å². The van der Waals surface area contributed by atoms with E-state index in [-0.39, 0.29) is 38.9 Å². The van der Waals surface area contributed by atoms with Gasteiger partial charge in [0.2, 0.25) is 11.8 Å². The summed E-state index contributed by atoms with van der Waals surface area (Å²) in [6.07, 6.45) is -0.772. The molecule has 0 unspecified atom stereocenters. The standard InChI is InChI=1S/C17H17F3N6O3S/c1-8(2)26-6-9(5-23-26)11-12(17(18,19)20)24-16(30-11)25-13(27)10-14(28-3)21-7-22-15(10)29-4/h5-8H,1-4H3,(H,24,25,27). The highest BCUT2D eigenvalue weighted by molar-refractivity contribution is 7.19. The minimum atomic E-state index is -4.72. The number of ether oxygens (including phenoxy) is 2. The molecule has 1 amide bonds. The van der Waals surface area contributed by atoms with Gasteiger partial charge >= 0.3 is 6.18 Å². The van der Waals surface area contributed by atoms with E-state index in [0.717, 1.165) is 6.33 Å². The molecule has 13 heteroatoms. The first kappa shape index (κ1) is 21.5. The van der Waals surface area contributed by atoms with Gasteiger partial charge < -0.3 is 9.47 Å². The number of carbonyl (C=O) groups is 1. The van der Waals surface area contributed by atoms with Gasteiger partial charge in [-0.2, -0.15) is 18.3 Å². The van der Waals surface area contributed by atoms with E-state index in [4.69, 9.17) is 9.47 Å². The minimum absolute atomic E-state index is 0.0295. The number of methoxy groups -OCH3 is 2.